The average molecular weight is 401 g/mol. The number of nitrogens with zero attached hydrogens (tertiary/aromatic N) is 2. The number of amides is 2. The summed E-state index contributed by atoms with van der Waals surface area (Å²) in [5.41, 5.74) is 4.56. The Kier molecular flexibility index (Phi) is 4.79. The first-order valence-electron chi connectivity index (χ1n) is 7.66. The minimum atomic E-state index is -4.98. The SMILES string of the molecule is Cc1c(C(NC(=O)Nc2cnc(N)nc2)C(F)(F)F)oc2c(F)cc(F)cc12. The van der Waals surface area contributed by atoms with Gasteiger partial charge in [0.05, 0.1) is 18.1 Å². The number of carbonyl (C=O) groups excluding carboxylic acids is 1. The first-order chi connectivity index (χ1) is 13.1. The van der Waals surface area contributed by atoms with Crippen LogP contribution in [0.2, 0.25) is 0 Å². The number of benzene rings is 1. The zero-order valence-electron chi connectivity index (χ0n) is 14.1. The number of halogens is 5. The number of anilines is 2. The summed E-state index contributed by atoms with van der Waals surface area (Å²) < 4.78 is 72.8. The van der Waals surface area contributed by atoms with Crippen molar-refractivity contribution < 1.29 is 31.2 Å². The van der Waals surface area contributed by atoms with E-state index in [1.807, 2.05) is 0 Å². The maximum atomic E-state index is 13.8. The van der Waals surface area contributed by atoms with E-state index >= 15 is 0 Å². The van der Waals surface area contributed by atoms with Gasteiger partial charge in [0.2, 0.25) is 5.95 Å². The summed E-state index contributed by atoms with van der Waals surface area (Å²) in [5, 5.41) is 3.64. The maximum absolute atomic E-state index is 13.8. The Morgan fingerprint density at radius 3 is 2.46 bits per heavy atom. The van der Waals surface area contributed by atoms with Gasteiger partial charge < -0.3 is 20.8 Å². The van der Waals surface area contributed by atoms with Crippen molar-refractivity contribution in [3.63, 3.8) is 0 Å². The second kappa shape index (κ2) is 6.94. The predicted molar refractivity (Wildman–Crippen MR) is 88.3 cm³/mol. The van der Waals surface area contributed by atoms with E-state index < -0.39 is 41.2 Å². The number of aryl methyl sites for hydroxylation is 1. The van der Waals surface area contributed by atoms with Gasteiger partial charge in [0, 0.05) is 17.0 Å². The van der Waals surface area contributed by atoms with Gasteiger partial charge in [-0.05, 0) is 13.0 Å². The Bertz CT molecular complexity index is 1030. The summed E-state index contributed by atoms with van der Waals surface area (Å²) in [6.07, 6.45) is -2.80. The molecule has 2 aromatic heterocycles. The molecular weight excluding hydrogens is 389 g/mol. The molecule has 0 aliphatic heterocycles. The lowest BCUT2D eigenvalue weighted by molar-refractivity contribution is -0.158. The molecule has 1 aromatic carbocycles. The third-order valence-electron chi connectivity index (χ3n) is 3.79. The fraction of sp³-hybridized carbons (Fsp3) is 0.188. The van der Waals surface area contributed by atoms with E-state index in [9.17, 15) is 26.7 Å². The normalized spacial score (nSPS) is 12.8. The van der Waals surface area contributed by atoms with Crippen LogP contribution in [0, 0.1) is 18.6 Å². The van der Waals surface area contributed by atoms with E-state index in [-0.39, 0.29) is 22.6 Å². The van der Waals surface area contributed by atoms with Crippen LogP contribution in [0.4, 0.5) is 38.4 Å². The Morgan fingerprint density at radius 2 is 1.86 bits per heavy atom. The zero-order chi connectivity index (χ0) is 20.6. The summed E-state index contributed by atoms with van der Waals surface area (Å²) in [4.78, 5) is 19.2. The van der Waals surface area contributed by atoms with Crippen LogP contribution in [0.3, 0.4) is 0 Å². The van der Waals surface area contributed by atoms with Crippen LogP contribution >= 0.6 is 0 Å². The Morgan fingerprint density at radius 1 is 1.21 bits per heavy atom. The number of carbonyl (C=O) groups is 1. The molecule has 148 valence electrons. The molecule has 1 unspecified atom stereocenters. The Labute approximate surface area is 153 Å². The van der Waals surface area contributed by atoms with Crippen LogP contribution in [-0.4, -0.2) is 22.2 Å². The van der Waals surface area contributed by atoms with Crippen molar-refractivity contribution in [3.8, 4) is 0 Å². The van der Waals surface area contributed by atoms with Crippen LogP contribution < -0.4 is 16.4 Å². The third kappa shape index (κ3) is 3.80. The van der Waals surface area contributed by atoms with Crippen LogP contribution in [0.5, 0.6) is 0 Å². The second-order valence-electron chi connectivity index (χ2n) is 5.76. The van der Waals surface area contributed by atoms with Gasteiger partial charge in [0.1, 0.15) is 11.6 Å². The summed E-state index contributed by atoms with van der Waals surface area (Å²) in [7, 11) is 0. The molecule has 3 aromatic rings. The molecule has 0 radical (unpaired) electrons. The predicted octanol–water partition coefficient (Wildman–Crippen LogP) is 3.82. The van der Waals surface area contributed by atoms with E-state index in [1.165, 1.54) is 6.92 Å². The van der Waals surface area contributed by atoms with Gasteiger partial charge in [-0.1, -0.05) is 0 Å². The lowest BCUT2D eigenvalue weighted by Crippen LogP contribution is -2.40. The van der Waals surface area contributed by atoms with Crippen molar-refractivity contribution in [1.29, 1.82) is 0 Å². The number of nitrogens with one attached hydrogen (secondary N) is 2. The van der Waals surface area contributed by atoms with Gasteiger partial charge in [-0.25, -0.2) is 23.5 Å². The number of alkyl halides is 3. The molecule has 2 heterocycles. The number of nitrogen functional groups attached to an aromatic ring is 1. The van der Waals surface area contributed by atoms with Crippen molar-refractivity contribution in [2.45, 2.75) is 19.1 Å². The van der Waals surface area contributed by atoms with Crippen molar-refractivity contribution in [2.24, 2.45) is 0 Å². The number of nitrogens with two attached hydrogens (primary N) is 1. The lowest BCUT2D eigenvalue weighted by atomic mass is 10.1. The molecule has 0 spiro atoms. The second-order valence-corrected chi connectivity index (χ2v) is 5.76. The van der Waals surface area contributed by atoms with Crippen molar-refractivity contribution in [1.82, 2.24) is 15.3 Å². The van der Waals surface area contributed by atoms with Gasteiger partial charge in [-0.15, -0.1) is 0 Å². The number of rotatable bonds is 3. The molecule has 0 aliphatic carbocycles. The quantitative estimate of drug-likeness (QED) is 0.579. The van der Waals surface area contributed by atoms with E-state index in [0.29, 0.717) is 6.07 Å². The maximum Gasteiger partial charge on any atom is 0.416 e. The van der Waals surface area contributed by atoms with Crippen molar-refractivity contribution in [2.75, 3.05) is 11.1 Å². The minimum absolute atomic E-state index is 0.0120. The standard InChI is InChI=1S/C16H12F5N5O2/c1-6-9-2-7(17)3-10(18)12(9)28-11(6)13(16(19,20)21)26-15(27)25-8-4-23-14(22)24-5-8/h2-5,13H,1H3,(H2,22,23,24)(H2,25,26,27). The Hall–Kier alpha value is -3.44. The molecule has 2 amide bonds. The van der Waals surface area contributed by atoms with E-state index in [4.69, 9.17) is 10.2 Å². The van der Waals surface area contributed by atoms with Crippen LogP contribution in [-0.2, 0) is 0 Å². The summed E-state index contributed by atoms with van der Waals surface area (Å²) in [5.74, 6) is -2.99. The minimum Gasteiger partial charge on any atom is -0.455 e. The highest BCUT2D eigenvalue weighted by Gasteiger charge is 2.45. The topological polar surface area (TPSA) is 106 Å². The molecule has 1 atom stereocenters. The largest absolute Gasteiger partial charge is 0.455 e. The van der Waals surface area contributed by atoms with E-state index in [0.717, 1.165) is 18.5 Å². The molecular formula is C16H12F5N5O2. The highest BCUT2D eigenvalue weighted by molar-refractivity contribution is 5.89. The number of aromatic nitrogens is 2. The number of hydrogen-bond acceptors (Lipinski definition) is 5. The van der Waals surface area contributed by atoms with Gasteiger partial charge in [-0.3, -0.25) is 0 Å². The van der Waals surface area contributed by atoms with E-state index in [1.54, 1.807) is 5.32 Å². The zero-order valence-corrected chi connectivity index (χ0v) is 14.1. The molecule has 0 saturated carbocycles. The smallest absolute Gasteiger partial charge is 0.416 e. The molecule has 0 saturated heterocycles. The van der Waals surface area contributed by atoms with Gasteiger partial charge >= 0.3 is 12.2 Å². The van der Waals surface area contributed by atoms with Crippen molar-refractivity contribution >= 4 is 28.6 Å². The highest BCUT2D eigenvalue weighted by Crippen LogP contribution is 2.39. The number of urea groups is 1. The van der Waals surface area contributed by atoms with Crippen molar-refractivity contribution in [3.05, 3.63) is 47.5 Å². The fourth-order valence-electron chi connectivity index (χ4n) is 2.53. The molecule has 28 heavy (non-hydrogen) atoms. The molecule has 0 aliphatic rings. The van der Waals surface area contributed by atoms with E-state index in [2.05, 4.69) is 15.3 Å². The van der Waals surface area contributed by atoms with Crippen LogP contribution in [0.1, 0.15) is 17.4 Å². The number of hydrogen-bond donors (Lipinski definition) is 3. The summed E-state index contributed by atoms with van der Waals surface area (Å²) in [6.45, 7) is 1.20. The number of fused-ring (bicyclic) bond motifs is 1. The first-order valence-corrected chi connectivity index (χ1v) is 7.66. The molecule has 0 bridgehead atoms. The average Bonchev–Trinajstić information content (AvgIpc) is 2.91. The van der Waals surface area contributed by atoms with Gasteiger partial charge in [0.15, 0.2) is 17.4 Å². The van der Waals surface area contributed by atoms with Gasteiger partial charge in [-0.2, -0.15) is 13.2 Å². The Balaban J connectivity index is 1.94. The lowest BCUT2D eigenvalue weighted by Gasteiger charge is -2.20. The molecule has 7 nitrogen and oxygen atoms in total. The summed E-state index contributed by atoms with van der Waals surface area (Å²) in [6, 6.07) is -2.53. The molecule has 3 rings (SSSR count). The highest BCUT2D eigenvalue weighted by atomic mass is 19.4. The van der Waals surface area contributed by atoms with Crippen LogP contribution in [0.25, 0.3) is 11.0 Å². The monoisotopic (exact) mass is 401 g/mol. The third-order valence-corrected chi connectivity index (χ3v) is 3.79. The number of furan rings is 1. The molecule has 4 N–H and O–H groups in total. The summed E-state index contributed by atoms with van der Waals surface area (Å²) >= 11 is 0. The first kappa shape index (κ1) is 19.3. The molecule has 0 fully saturated rings. The fourth-order valence-corrected chi connectivity index (χ4v) is 2.53. The van der Waals surface area contributed by atoms with Gasteiger partial charge in [0.25, 0.3) is 0 Å². The molecule has 12 heteroatoms. The van der Waals surface area contributed by atoms with Crippen LogP contribution in [0.15, 0.2) is 28.9 Å².